The minimum atomic E-state index is -3.23. The molecule has 0 spiro atoms. The lowest BCUT2D eigenvalue weighted by molar-refractivity contribution is 0.115. The van der Waals surface area contributed by atoms with E-state index in [9.17, 15) is 8.42 Å². The Morgan fingerprint density at radius 2 is 1.76 bits per heavy atom. The summed E-state index contributed by atoms with van der Waals surface area (Å²) in [6.45, 7) is 10.1. The Kier molecular flexibility index (Phi) is 13.0. The van der Waals surface area contributed by atoms with E-state index in [1.54, 1.807) is 0 Å². The summed E-state index contributed by atoms with van der Waals surface area (Å²) >= 11 is 0. The van der Waals surface area contributed by atoms with Crippen LogP contribution in [0.2, 0.25) is 0 Å². The van der Waals surface area contributed by atoms with Gasteiger partial charge in [0, 0.05) is 38.3 Å². The molecule has 0 bridgehead atoms. The molecule has 1 atom stereocenters. The monoisotopic (exact) mass is 543 g/mol. The van der Waals surface area contributed by atoms with Gasteiger partial charge in [-0.3, -0.25) is 9.89 Å². The molecular weight excluding hydrogens is 501 g/mol. The maximum Gasteiger partial charge on any atom is 0.215 e. The van der Waals surface area contributed by atoms with Crippen molar-refractivity contribution in [3.8, 4) is 0 Å². The number of nitrogens with zero attached hydrogens (tertiary/aromatic N) is 3. The highest BCUT2D eigenvalue weighted by atomic mass is 127. The Labute approximate surface area is 195 Å². The Morgan fingerprint density at radius 1 is 1.07 bits per heavy atom. The largest absolute Gasteiger partial charge is 0.357 e. The maximum absolute atomic E-state index is 12.3. The maximum atomic E-state index is 12.3. The van der Waals surface area contributed by atoms with Crippen LogP contribution < -0.4 is 10.6 Å². The molecule has 2 fully saturated rings. The van der Waals surface area contributed by atoms with E-state index in [-0.39, 0.29) is 36.3 Å². The van der Waals surface area contributed by atoms with Crippen molar-refractivity contribution in [1.82, 2.24) is 19.8 Å². The fourth-order valence-electron chi connectivity index (χ4n) is 4.43. The van der Waals surface area contributed by atoms with Gasteiger partial charge in [-0.25, -0.2) is 12.7 Å². The first-order chi connectivity index (χ1) is 13.5. The zero-order chi connectivity index (χ0) is 20.4. The molecule has 2 N–H and O–H groups in total. The topological polar surface area (TPSA) is 77.0 Å². The predicted octanol–water partition coefficient (Wildman–Crippen LogP) is 2.63. The van der Waals surface area contributed by atoms with Crippen LogP contribution in [0.25, 0.3) is 0 Å². The highest BCUT2D eigenvalue weighted by Crippen LogP contribution is 2.25. The van der Waals surface area contributed by atoms with Crippen LogP contribution in [0, 0.1) is 0 Å². The first kappa shape index (κ1) is 26.9. The minimum absolute atomic E-state index is 0. The van der Waals surface area contributed by atoms with E-state index in [0.29, 0.717) is 19.1 Å². The van der Waals surface area contributed by atoms with Crippen molar-refractivity contribution in [2.45, 2.75) is 77.8 Å². The molecule has 1 aliphatic carbocycles. The molecule has 29 heavy (non-hydrogen) atoms. The summed E-state index contributed by atoms with van der Waals surface area (Å²) in [5.74, 6) is 0.803. The number of piperidine rings is 1. The predicted molar refractivity (Wildman–Crippen MR) is 133 cm³/mol. The van der Waals surface area contributed by atoms with Crippen molar-refractivity contribution in [2.24, 2.45) is 4.99 Å². The van der Waals surface area contributed by atoms with Gasteiger partial charge >= 0.3 is 0 Å². The Morgan fingerprint density at radius 3 is 2.38 bits per heavy atom. The van der Waals surface area contributed by atoms with Crippen molar-refractivity contribution in [3.05, 3.63) is 0 Å². The molecule has 9 heteroatoms. The number of halogens is 1. The summed E-state index contributed by atoms with van der Waals surface area (Å²) in [7, 11) is -3.23. The Bertz CT molecular complexity index is 577. The van der Waals surface area contributed by atoms with Gasteiger partial charge in [-0.15, -0.1) is 24.0 Å². The van der Waals surface area contributed by atoms with Crippen molar-refractivity contribution < 1.29 is 8.42 Å². The fraction of sp³-hybridized carbons (Fsp3) is 0.950. The molecule has 2 aliphatic rings. The molecule has 0 radical (unpaired) electrons. The van der Waals surface area contributed by atoms with Gasteiger partial charge in [-0.05, 0) is 39.2 Å². The van der Waals surface area contributed by atoms with Crippen LogP contribution in [0.3, 0.4) is 0 Å². The SMILES string of the molecule is CCNC(=NCCS(=O)(=O)N(CC)CC)NC1CCCN(C2CCCCC2)C1.I. The van der Waals surface area contributed by atoms with Gasteiger partial charge in [0.1, 0.15) is 0 Å². The molecule has 7 nitrogen and oxygen atoms in total. The summed E-state index contributed by atoms with van der Waals surface area (Å²) in [5, 5.41) is 6.84. The zero-order valence-corrected chi connectivity index (χ0v) is 21.7. The van der Waals surface area contributed by atoms with Crippen molar-refractivity contribution >= 4 is 40.0 Å². The molecule has 1 saturated heterocycles. The number of guanidine groups is 1. The third-order valence-corrected chi connectivity index (χ3v) is 7.95. The lowest BCUT2D eigenvalue weighted by Crippen LogP contribution is -2.53. The van der Waals surface area contributed by atoms with E-state index in [1.165, 1.54) is 49.4 Å². The summed E-state index contributed by atoms with van der Waals surface area (Å²) in [5.41, 5.74) is 0. The lowest BCUT2D eigenvalue weighted by Gasteiger charge is -2.40. The number of aliphatic imine (C=N–C) groups is 1. The van der Waals surface area contributed by atoms with E-state index in [2.05, 4.69) is 20.5 Å². The van der Waals surface area contributed by atoms with Gasteiger partial charge in [0.2, 0.25) is 10.0 Å². The molecule has 172 valence electrons. The molecule has 0 amide bonds. The lowest BCUT2D eigenvalue weighted by atomic mass is 9.92. The van der Waals surface area contributed by atoms with E-state index in [4.69, 9.17) is 0 Å². The highest BCUT2D eigenvalue weighted by Gasteiger charge is 2.27. The summed E-state index contributed by atoms with van der Waals surface area (Å²) in [6, 6.07) is 1.13. The molecule has 1 unspecified atom stereocenters. The third kappa shape index (κ3) is 8.86. The summed E-state index contributed by atoms with van der Waals surface area (Å²) < 4.78 is 26.2. The van der Waals surface area contributed by atoms with E-state index in [0.717, 1.165) is 31.5 Å². The van der Waals surface area contributed by atoms with E-state index < -0.39 is 10.0 Å². The second-order valence-electron chi connectivity index (χ2n) is 7.93. The van der Waals surface area contributed by atoms with Gasteiger partial charge in [0.15, 0.2) is 5.96 Å². The normalized spacial score (nSPS) is 22.3. The van der Waals surface area contributed by atoms with Crippen LogP contribution >= 0.6 is 24.0 Å². The van der Waals surface area contributed by atoms with E-state index in [1.807, 2.05) is 20.8 Å². The smallest absolute Gasteiger partial charge is 0.215 e. The fourth-order valence-corrected chi connectivity index (χ4v) is 5.80. The number of sulfonamides is 1. The Hall–Kier alpha value is -0.130. The van der Waals surface area contributed by atoms with E-state index >= 15 is 0 Å². The second-order valence-corrected chi connectivity index (χ2v) is 10.0. The first-order valence-electron chi connectivity index (χ1n) is 11.3. The number of hydrogen-bond acceptors (Lipinski definition) is 4. The molecule has 1 heterocycles. The van der Waals surface area contributed by atoms with Gasteiger partial charge in [-0.2, -0.15) is 0 Å². The molecule has 1 aliphatic heterocycles. The van der Waals surface area contributed by atoms with Crippen LogP contribution in [0.4, 0.5) is 0 Å². The number of nitrogens with one attached hydrogen (secondary N) is 2. The zero-order valence-electron chi connectivity index (χ0n) is 18.5. The van der Waals surface area contributed by atoms with Gasteiger partial charge in [-0.1, -0.05) is 33.1 Å². The minimum Gasteiger partial charge on any atom is -0.357 e. The first-order valence-corrected chi connectivity index (χ1v) is 12.9. The summed E-state index contributed by atoms with van der Waals surface area (Å²) in [4.78, 5) is 7.21. The number of rotatable bonds is 9. The second kappa shape index (κ2) is 14.0. The molecule has 0 aromatic heterocycles. The van der Waals surface area contributed by atoms with Crippen molar-refractivity contribution in [1.29, 1.82) is 0 Å². The van der Waals surface area contributed by atoms with Crippen LogP contribution in [-0.2, 0) is 10.0 Å². The standard InChI is InChI=1S/C20H41N5O2S.HI/c1-4-21-20(22-14-16-28(26,27)25(5-2)6-3)23-18-11-10-15-24(17-18)19-12-8-7-9-13-19;/h18-19H,4-17H2,1-3H3,(H2,21,22,23);1H. The van der Waals surface area contributed by atoms with Crippen LogP contribution in [0.5, 0.6) is 0 Å². The molecule has 1 saturated carbocycles. The van der Waals surface area contributed by atoms with Crippen molar-refractivity contribution in [2.75, 3.05) is 45.0 Å². The van der Waals surface area contributed by atoms with Crippen LogP contribution in [0.1, 0.15) is 65.7 Å². The molecule has 0 aromatic rings. The average molecular weight is 544 g/mol. The van der Waals surface area contributed by atoms with Crippen LogP contribution in [-0.4, -0.2) is 80.7 Å². The van der Waals surface area contributed by atoms with Crippen LogP contribution in [0.15, 0.2) is 4.99 Å². The third-order valence-electron chi connectivity index (χ3n) is 5.95. The van der Waals surface area contributed by atoms with Gasteiger partial charge in [0.25, 0.3) is 0 Å². The number of hydrogen-bond donors (Lipinski definition) is 2. The average Bonchev–Trinajstić information content (AvgIpc) is 2.69. The molecule has 0 aromatic carbocycles. The molecular formula is C20H42IN5O2S. The quantitative estimate of drug-likeness (QED) is 0.266. The van der Waals surface area contributed by atoms with Gasteiger partial charge < -0.3 is 10.6 Å². The Balaban J connectivity index is 0.00000420. The molecule has 2 rings (SSSR count). The van der Waals surface area contributed by atoms with Gasteiger partial charge in [0.05, 0.1) is 12.3 Å². The van der Waals surface area contributed by atoms with Crippen molar-refractivity contribution in [3.63, 3.8) is 0 Å². The summed E-state index contributed by atoms with van der Waals surface area (Å²) in [6.07, 6.45) is 9.15. The number of likely N-dealkylation sites (tertiary alicyclic amines) is 1. The highest BCUT2D eigenvalue weighted by molar-refractivity contribution is 14.0.